The Kier molecular flexibility index (Phi) is 12.8. The van der Waals surface area contributed by atoms with Crippen LogP contribution >= 0.6 is 11.8 Å². The Morgan fingerprint density at radius 2 is 1.74 bits per heavy atom. The number of H-pyrrole nitrogens is 1. The lowest BCUT2D eigenvalue weighted by molar-refractivity contribution is -0.143. The standard InChI is InChI=1S/C20H33N7O7S/c1-10(28)16(19(32)26-14(20(33)34)3-4-15(22)29)27-18(31)13(5-6-35-2)25-17(30)12(21)7-11-8-23-9-24-11/h8-10,12-14,16,28H,3-7,21H2,1-2H3,(H2,22,29)(H,23,24)(H,25,30)(H,26,32)(H,27,31)(H,33,34). The van der Waals surface area contributed by atoms with Gasteiger partial charge in [0.05, 0.1) is 18.5 Å². The zero-order valence-corrected chi connectivity index (χ0v) is 20.3. The molecule has 1 heterocycles. The first kappa shape index (κ1) is 29.9. The number of aliphatic hydroxyl groups excluding tert-OH is 1. The van der Waals surface area contributed by atoms with E-state index in [1.165, 1.54) is 31.2 Å². The zero-order valence-electron chi connectivity index (χ0n) is 19.5. The summed E-state index contributed by atoms with van der Waals surface area (Å²) < 4.78 is 0. The minimum atomic E-state index is -1.52. The molecule has 4 amide bonds. The number of carboxylic acid groups (broad SMARTS) is 1. The fourth-order valence-corrected chi connectivity index (χ4v) is 3.45. The first-order valence-electron chi connectivity index (χ1n) is 10.8. The number of hydrogen-bond donors (Lipinski definition) is 8. The Hall–Kier alpha value is -3.17. The Bertz CT molecular complexity index is 866. The van der Waals surface area contributed by atoms with Gasteiger partial charge in [0, 0.05) is 24.7 Å². The van der Waals surface area contributed by atoms with Gasteiger partial charge in [-0.15, -0.1) is 0 Å². The molecule has 0 aliphatic heterocycles. The molecule has 0 bridgehead atoms. The van der Waals surface area contributed by atoms with E-state index < -0.39 is 59.9 Å². The summed E-state index contributed by atoms with van der Waals surface area (Å²) in [5.41, 5.74) is 11.6. The van der Waals surface area contributed by atoms with Crippen LogP contribution in [-0.2, 0) is 30.4 Å². The van der Waals surface area contributed by atoms with E-state index in [-0.39, 0.29) is 25.7 Å². The fraction of sp³-hybridized carbons (Fsp3) is 0.600. The van der Waals surface area contributed by atoms with Crippen LogP contribution in [0.2, 0.25) is 0 Å². The number of amides is 4. The fourth-order valence-electron chi connectivity index (χ4n) is 2.97. The predicted octanol–water partition coefficient (Wildman–Crippen LogP) is -2.78. The molecule has 0 radical (unpaired) electrons. The molecule has 0 aliphatic rings. The van der Waals surface area contributed by atoms with Gasteiger partial charge in [0.2, 0.25) is 23.6 Å². The molecule has 14 nitrogen and oxygen atoms in total. The first-order valence-corrected chi connectivity index (χ1v) is 12.2. The van der Waals surface area contributed by atoms with Crippen molar-refractivity contribution in [1.82, 2.24) is 25.9 Å². The molecule has 0 aromatic carbocycles. The summed E-state index contributed by atoms with van der Waals surface area (Å²) in [4.78, 5) is 67.2. The molecule has 0 fully saturated rings. The second-order valence-corrected chi connectivity index (χ2v) is 8.85. The van der Waals surface area contributed by atoms with Crippen molar-refractivity contribution in [3.63, 3.8) is 0 Å². The second-order valence-electron chi connectivity index (χ2n) is 7.86. The third-order valence-corrected chi connectivity index (χ3v) is 5.58. The van der Waals surface area contributed by atoms with E-state index in [1.807, 2.05) is 6.26 Å². The van der Waals surface area contributed by atoms with Crippen LogP contribution in [0.3, 0.4) is 0 Å². The monoisotopic (exact) mass is 515 g/mol. The minimum absolute atomic E-state index is 0.156. The van der Waals surface area contributed by atoms with Crippen LogP contribution in [0, 0.1) is 0 Å². The second kappa shape index (κ2) is 15.0. The summed E-state index contributed by atoms with van der Waals surface area (Å²) in [5.74, 6) is -4.00. The van der Waals surface area contributed by atoms with Gasteiger partial charge in [-0.3, -0.25) is 19.2 Å². The van der Waals surface area contributed by atoms with Crippen LogP contribution in [0.1, 0.15) is 31.9 Å². The third kappa shape index (κ3) is 10.7. The van der Waals surface area contributed by atoms with E-state index in [0.29, 0.717) is 11.4 Å². The first-order chi connectivity index (χ1) is 16.5. The van der Waals surface area contributed by atoms with Crippen molar-refractivity contribution < 1.29 is 34.2 Å². The molecule has 0 saturated carbocycles. The molecule has 1 aromatic heterocycles. The smallest absolute Gasteiger partial charge is 0.326 e. The number of nitrogens with two attached hydrogens (primary N) is 2. The summed E-state index contributed by atoms with van der Waals surface area (Å²) in [6.45, 7) is 1.24. The van der Waals surface area contributed by atoms with Crippen LogP contribution in [0.5, 0.6) is 0 Å². The number of hydrogen-bond acceptors (Lipinski definition) is 9. The lowest BCUT2D eigenvalue weighted by Gasteiger charge is -2.26. The van der Waals surface area contributed by atoms with Gasteiger partial charge in [-0.1, -0.05) is 0 Å². The van der Waals surface area contributed by atoms with E-state index in [0.717, 1.165) is 0 Å². The number of aliphatic hydroxyl groups is 1. The quantitative estimate of drug-likeness (QED) is 0.112. The molecule has 15 heteroatoms. The average Bonchev–Trinajstić information content (AvgIpc) is 3.29. The van der Waals surface area contributed by atoms with Crippen molar-refractivity contribution in [2.45, 2.75) is 62.9 Å². The van der Waals surface area contributed by atoms with Crippen molar-refractivity contribution in [3.8, 4) is 0 Å². The lowest BCUT2D eigenvalue weighted by atomic mass is 10.1. The van der Waals surface area contributed by atoms with Gasteiger partial charge in [0.1, 0.15) is 18.1 Å². The third-order valence-electron chi connectivity index (χ3n) is 4.93. The zero-order chi connectivity index (χ0) is 26.5. The molecular formula is C20H33N7O7S. The highest BCUT2D eigenvalue weighted by atomic mass is 32.2. The molecular weight excluding hydrogens is 482 g/mol. The maximum Gasteiger partial charge on any atom is 0.326 e. The summed E-state index contributed by atoms with van der Waals surface area (Å²) in [6, 6.07) is -5.02. The van der Waals surface area contributed by atoms with Gasteiger partial charge in [-0.25, -0.2) is 9.78 Å². The number of carbonyl (C=O) groups excluding carboxylic acids is 4. The number of aliphatic carboxylic acids is 1. The van der Waals surface area contributed by atoms with Gasteiger partial charge in [-0.2, -0.15) is 11.8 Å². The molecule has 0 aliphatic carbocycles. The lowest BCUT2D eigenvalue weighted by Crippen LogP contribution is -2.60. The summed E-state index contributed by atoms with van der Waals surface area (Å²) in [6.07, 6.45) is 3.18. The average molecular weight is 516 g/mol. The van der Waals surface area contributed by atoms with E-state index >= 15 is 0 Å². The van der Waals surface area contributed by atoms with Crippen molar-refractivity contribution >= 4 is 41.4 Å². The summed E-state index contributed by atoms with van der Waals surface area (Å²) in [5, 5.41) is 26.4. The molecule has 0 saturated heterocycles. The Morgan fingerprint density at radius 1 is 1.09 bits per heavy atom. The van der Waals surface area contributed by atoms with E-state index in [9.17, 15) is 34.2 Å². The van der Waals surface area contributed by atoms with Crippen molar-refractivity contribution in [1.29, 1.82) is 0 Å². The van der Waals surface area contributed by atoms with Gasteiger partial charge < -0.3 is 42.6 Å². The highest BCUT2D eigenvalue weighted by Crippen LogP contribution is 2.06. The minimum Gasteiger partial charge on any atom is -0.480 e. The molecule has 1 aromatic rings. The molecule has 5 atom stereocenters. The molecule has 196 valence electrons. The van der Waals surface area contributed by atoms with E-state index in [4.69, 9.17) is 11.5 Å². The van der Waals surface area contributed by atoms with Gasteiger partial charge >= 0.3 is 5.97 Å². The van der Waals surface area contributed by atoms with Crippen LogP contribution in [0.15, 0.2) is 12.5 Å². The topological polar surface area (TPSA) is 243 Å². The van der Waals surface area contributed by atoms with E-state index in [1.54, 1.807) is 0 Å². The number of primary amides is 1. The normalized spacial score (nSPS) is 15.2. The Balaban J connectivity index is 2.88. The summed E-state index contributed by atoms with van der Waals surface area (Å²) >= 11 is 1.43. The molecule has 35 heavy (non-hydrogen) atoms. The predicted molar refractivity (Wildman–Crippen MR) is 127 cm³/mol. The van der Waals surface area contributed by atoms with Gasteiger partial charge in [0.15, 0.2) is 0 Å². The van der Waals surface area contributed by atoms with Crippen molar-refractivity contribution in [2.75, 3.05) is 12.0 Å². The van der Waals surface area contributed by atoms with Crippen LogP contribution in [0.25, 0.3) is 0 Å². The molecule has 0 spiro atoms. The summed E-state index contributed by atoms with van der Waals surface area (Å²) in [7, 11) is 0. The van der Waals surface area contributed by atoms with Crippen LogP contribution < -0.4 is 27.4 Å². The number of carboxylic acids is 1. The van der Waals surface area contributed by atoms with Crippen molar-refractivity contribution in [2.24, 2.45) is 11.5 Å². The Labute approximate surface area is 206 Å². The van der Waals surface area contributed by atoms with Crippen LogP contribution in [-0.4, -0.2) is 92.1 Å². The maximum atomic E-state index is 12.9. The highest BCUT2D eigenvalue weighted by molar-refractivity contribution is 7.98. The molecule has 10 N–H and O–H groups in total. The molecule has 5 unspecified atom stereocenters. The van der Waals surface area contributed by atoms with Gasteiger partial charge in [0.25, 0.3) is 0 Å². The van der Waals surface area contributed by atoms with Crippen molar-refractivity contribution in [3.05, 3.63) is 18.2 Å². The Morgan fingerprint density at radius 3 is 2.26 bits per heavy atom. The number of nitrogens with one attached hydrogen (secondary N) is 4. The number of nitrogens with zero attached hydrogens (tertiary/aromatic N) is 1. The van der Waals surface area contributed by atoms with Crippen LogP contribution in [0.4, 0.5) is 0 Å². The largest absolute Gasteiger partial charge is 0.480 e. The number of aromatic nitrogens is 2. The number of thioether (sulfide) groups is 1. The highest BCUT2D eigenvalue weighted by Gasteiger charge is 2.32. The number of rotatable bonds is 16. The SMILES string of the molecule is CSCCC(NC(=O)C(N)Cc1cnc[nH]1)C(=O)NC(C(=O)NC(CCC(N)=O)C(=O)O)C(C)O. The van der Waals surface area contributed by atoms with Gasteiger partial charge in [-0.05, 0) is 31.8 Å². The number of imidazole rings is 1. The number of aromatic amines is 1. The number of carbonyl (C=O) groups is 5. The molecule has 1 rings (SSSR count). The maximum absolute atomic E-state index is 12.9. The van der Waals surface area contributed by atoms with E-state index in [2.05, 4.69) is 25.9 Å².